The Kier molecular flexibility index (Phi) is 1.59. The third-order valence-electron chi connectivity index (χ3n) is 3.74. The highest BCUT2D eigenvalue weighted by Gasteiger charge is 2.53. The van der Waals surface area contributed by atoms with Crippen molar-refractivity contribution in [3.8, 4) is 0 Å². The molecule has 21 heavy (non-hydrogen) atoms. The molecule has 0 radical (unpaired) electrons. The standard InChI is InChI=1S/C15H24BNO4/c1-14(2)15(3,4)21-16(20-14)12-5-6-13(19-12)17-9-7-11(18)8-10-17/h5-6,11,18H,7-10H2,1-4H3/i5D,6D,7D2,8D2,9D2,10D2,11D. The Morgan fingerprint density at radius 2 is 1.86 bits per heavy atom. The second-order valence-corrected chi connectivity index (χ2v) is 5.77. The van der Waals surface area contributed by atoms with Gasteiger partial charge >= 0.3 is 7.12 Å². The number of furan rings is 1. The zero-order chi connectivity index (χ0) is 25.1. The summed E-state index contributed by atoms with van der Waals surface area (Å²) in [5.41, 5.74) is -2.16. The quantitative estimate of drug-likeness (QED) is 0.840. The highest BCUT2D eigenvalue weighted by molar-refractivity contribution is 6.60. The topological polar surface area (TPSA) is 55.1 Å². The van der Waals surface area contributed by atoms with Gasteiger partial charge < -0.3 is 23.7 Å². The number of piperidine rings is 1. The second kappa shape index (κ2) is 5.04. The largest absolute Gasteiger partial charge is 0.532 e. The number of hydrogen-bond acceptors (Lipinski definition) is 5. The van der Waals surface area contributed by atoms with Crippen molar-refractivity contribution in [3.05, 3.63) is 12.1 Å². The molecule has 0 atom stereocenters. The fourth-order valence-corrected chi connectivity index (χ4v) is 1.81. The summed E-state index contributed by atoms with van der Waals surface area (Å²) in [7, 11) is -1.33. The lowest BCUT2D eigenvalue weighted by Gasteiger charge is -2.32. The van der Waals surface area contributed by atoms with Crippen molar-refractivity contribution in [1.82, 2.24) is 0 Å². The first kappa shape index (κ1) is 6.65. The van der Waals surface area contributed by atoms with Crippen molar-refractivity contribution < 1.29 is 33.9 Å². The van der Waals surface area contributed by atoms with E-state index in [-0.39, 0.29) is 4.90 Å². The van der Waals surface area contributed by atoms with Gasteiger partial charge in [-0.15, -0.1) is 0 Å². The number of aliphatic hydroxyl groups is 1. The summed E-state index contributed by atoms with van der Waals surface area (Å²) in [5.74, 6) is -1.00. The summed E-state index contributed by atoms with van der Waals surface area (Å²) in [5, 5.41) is 10.2. The zero-order valence-electron chi connectivity index (χ0n) is 23.2. The summed E-state index contributed by atoms with van der Waals surface area (Å²) in [6.45, 7) is -0.313. The minimum Gasteiger partial charge on any atom is -0.449 e. The van der Waals surface area contributed by atoms with Crippen molar-refractivity contribution in [1.29, 1.82) is 0 Å². The van der Waals surface area contributed by atoms with E-state index in [0.29, 0.717) is 0 Å². The number of nitrogens with zero attached hydrogens (tertiary/aromatic N) is 1. The lowest BCUT2D eigenvalue weighted by Crippen LogP contribution is -2.41. The normalized spacial score (nSPS) is 44.3. The van der Waals surface area contributed by atoms with Crippen LogP contribution in [0.2, 0.25) is 0 Å². The molecule has 3 heterocycles. The van der Waals surface area contributed by atoms with E-state index < -0.39 is 73.8 Å². The molecular weight excluding hydrogens is 269 g/mol. The van der Waals surface area contributed by atoms with Crippen LogP contribution >= 0.6 is 0 Å². The van der Waals surface area contributed by atoms with Gasteiger partial charge in [-0.1, -0.05) is 0 Å². The Morgan fingerprint density at radius 1 is 1.29 bits per heavy atom. The molecule has 0 unspecified atom stereocenters. The van der Waals surface area contributed by atoms with Crippen LogP contribution < -0.4 is 10.6 Å². The average molecular weight is 304 g/mol. The van der Waals surface area contributed by atoms with Crippen LogP contribution in [0.1, 0.15) is 55.5 Å². The van der Waals surface area contributed by atoms with E-state index in [1.807, 2.05) is 0 Å². The third kappa shape index (κ3) is 2.72. The molecule has 116 valence electrons. The maximum Gasteiger partial charge on any atom is 0.532 e. The molecule has 0 aliphatic carbocycles. The maximum atomic E-state index is 10.2. The van der Waals surface area contributed by atoms with Crippen LogP contribution in [0.25, 0.3) is 0 Å². The first-order chi connectivity index (χ1) is 14.0. The fourth-order valence-electron chi connectivity index (χ4n) is 1.81. The zero-order valence-corrected chi connectivity index (χ0v) is 12.2. The van der Waals surface area contributed by atoms with Gasteiger partial charge in [0.2, 0.25) is 0 Å². The van der Waals surface area contributed by atoms with Gasteiger partial charge in [0.1, 0.15) is 5.66 Å². The van der Waals surface area contributed by atoms with E-state index >= 15 is 0 Å². The Hall–Kier alpha value is -0.975. The molecule has 1 aromatic heterocycles. The molecule has 2 fully saturated rings. The van der Waals surface area contributed by atoms with Crippen molar-refractivity contribution in [3.63, 3.8) is 0 Å². The molecule has 2 aliphatic heterocycles. The third-order valence-corrected chi connectivity index (χ3v) is 3.74. The number of rotatable bonds is 2. The molecule has 1 aromatic rings. The first-order valence-electron chi connectivity index (χ1n) is 12.0. The van der Waals surface area contributed by atoms with E-state index in [0.717, 1.165) is 0 Å². The van der Waals surface area contributed by atoms with E-state index in [4.69, 9.17) is 28.8 Å². The molecule has 0 amide bonds. The first-order valence-corrected chi connectivity index (χ1v) is 6.47. The molecule has 0 bridgehead atoms. The van der Waals surface area contributed by atoms with Crippen molar-refractivity contribution in [2.24, 2.45) is 0 Å². The molecule has 6 heteroatoms. The molecule has 5 nitrogen and oxygen atoms in total. The molecule has 0 spiro atoms. The van der Waals surface area contributed by atoms with Gasteiger partial charge in [0, 0.05) is 30.0 Å². The summed E-state index contributed by atoms with van der Waals surface area (Å²) in [6.07, 6.45) is -11.2. The number of hydrogen-bond donors (Lipinski definition) is 1. The van der Waals surface area contributed by atoms with Crippen LogP contribution in [0, 0.1) is 0 Å². The summed E-state index contributed by atoms with van der Waals surface area (Å²) < 4.78 is 106. The lowest BCUT2D eigenvalue weighted by molar-refractivity contribution is 0.00578. The van der Waals surface area contributed by atoms with Crippen LogP contribution in [0.15, 0.2) is 16.5 Å². The van der Waals surface area contributed by atoms with Crippen LogP contribution in [0.5, 0.6) is 0 Å². The van der Waals surface area contributed by atoms with Crippen molar-refractivity contribution >= 4 is 18.7 Å². The molecule has 2 saturated heterocycles. The van der Waals surface area contributed by atoms with E-state index in [2.05, 4.69) is 0 Å². The van der Waals surface area contributed by atoms with Crippen molar-refractivity contribution in [2.45, 2.75) is 57.7 Å². The van der Waals surface area contributed by atoms with Gasteiger partial charge in [0.15, 0.2) is 5.88 Å². The molecule has 1 N–H and O–H groups in total. The smallest absolute Gasteiger partial charge is 0.449 e. The van der Waals surface area contributed by atoms with E-state index in [1.54, 1.807) is 27.7 Å². The highest BCUT2D eigenvalue weighted by atomic mass is 16.7. The molecule has 2 aliphatic rings. The Morgan fingerprint density at radius 3 is 2.43 bits per heavy atom. The fraction of sp³-hybridized carbons (Fsp3) is 0.733. The molecule has 3 rings (SSSR count). The molecule has 0 aromatic carbocycles. The minimum atomic E-state index is -3.85. The van der Waals surface area contributed by atoms with Crippen LogP contribution in [0.3, 0.4) is 0 Å². The minimum absolute atomic E-state index is 0.113. The van der Waals surface area contributed by atoms with Gasteiger partial charge in [-0.2, -0.15) is 0 Å². The van der Waals surface area contributed by atoms with Gasteiger partial charge in [-0.05, 0) is 46.5 Å². The van der Waals surface area contributed by atoms with E-state index in [9.17, 15) is 5.11 Å². The highest BCUT2D eigenvalue weighted by Crippen LogP contribution is 2.36. The monoisotopic (exact) mass is 304 g/mol. The number of anilines is 1. The summed E-state index contributed by atoms with van der Waals surface area (Å²) in [6, 6.07) is -1.53. The predicted octanol–water partition coefficient (Wildman–Crippen LogP) is 1.54. The van der Waals surface area contributed by atoms with Crippen LogP contribution in [0.4, 0.5) is 5.88 Å². The Balaban J connectivity index is 2.21. The van der Waals surface area contributed by atoms with Gasteiger partial charge in [0.25, 0.3) is 0 Å². The summed E-state index contributed by atoms with van der Waals surface area (Å²) >= 11 is 0. The molecular formula is C15H24BNO4. The average Bonchev–Trinajstić information content (AvgIpc) is 2.99. The van der Waals surface area contributed by atoms with Crippen LogP contribution in [-0.2, 0) is 9.31 Å². The second-order valence-electron chi connectivity index (χ2n) is 5.77. The van der Waals surface area contributed by atoms with E-state index in [1.165, 1.54) is 0 Å². The van der Waals surface area contributed by atoms with Gasteiger partial charge in [0.05, 0.1) is 21.4 Å². The lowest BCUT2D eigenvalue weighted by atomic mass is 9.86. The van der Waals surface area contributed by atoms with Crippen LogP contribution in [-0.4, -0.2) is 42.5 Å². The maximum absolute atomic E-state index is 10.2. The molecule has 0 saturated carbocycles. The van der Waals surface area contributed by atoms with Gasteiger partial charge in [-0.3, -0.25) is 0 Å². The van der Waals surface area contributed by atoms with Gasteiger partial charge in [-0.25, -0.2) is 0 Å². The van der Waals surface area contributed by atoms with Crippen molar-refractivity contribution in [2.75, 3.05) is 17.9 Å². The summed E-state index contributed by atoms with van der Waals surface area (Å²) in [4.78, 5) is -0.113. The Bertz CT molecular complexity index is 900. The predicted molar refractivity (Wildman–Crippen MR) is 81.9 cm³/mol. The SMILES string of the molecule is [2H]c1c(B2OC(C)(C)C(C)(C)O2)oc(N2C([2H])([2H])C([2H])([2H])C([2H])(O)C([2H])([2H])C2([2H])[2H])c1[2H]. The Labute approximate surface area is 141 Å².